The van der Waals surface area contributed by atoms with Crippen molar-refractivity contribution in [3.63, 3.8) is 0 Å². The summed E-state index contributed by atoms with van der Waals surface area (Å²) in [5.74, 6) is 0.503. The van der Waals surface area contributed by atoms with E-state index in [1.54, 1.807) is 0 Å². The lowest BCUT2D eigenvalue weighted by Gasteiger charge is -2.14. The average Bonchev–Trinajstić information content (AvgIpc) is 2.39. The molecule has 0 amide bonds. The van der Waals surface area contributed by atoms with Crippen molar-refractivity contribution in [3.05, 3.63) is 59.7 Å². The van der Waals surface area contributed by atoms with Gasteiger partial charge in [-0.3, -0.25) is 0 Å². The van der Waals surface area contributed by atoms with Crippen LogP contribution < -0.4 is 0 Å². The van der Waals surface area contributed by atoms with Crippen LogP contribution in [0.15, 0.2) is 53.4 Å². The maximum Gasteiger partial charge on any atom is 0.00461 e. The Morgan fingerprint density at radius 3 is 2.47 bits per heavy atom. The summed E-state index contributed by atoms with van der Waals surface area (Å²) in [6, 6.07) is 15.0. The quantitative estimate of drug-likeness (QED) is 0.668. The van der Waals surface area contributed by atoms with Crippen LogP contribution >= 0.6 is 12.6 Å². The summed E-state index contributed by atoms with van der Waals surface area (Å²) in [4.78, 5) is 1.00. The van der Waals surface area contributed by atoms with E-state index in [1.807, 2.05) is 13.0 Å². The Bertz CT molecular complexity index is 594. The Morgan fingerprint density at radius 2 is 1.84 bits per heavy atom. The van der Waals surface area contributed by atoms with Crippen molar-refractivity contribution in [1.82, 2.24) is 0 Å². The molecule has 2 rings (SSSR count). The molecule has 0 nitrogen and oxygen atoms in total. The van der Waals surface area contributed by atoms with Gasteiger partial charge in [0.05, 0.1) is 0 Å². The van der Waals surface area contributed by atoms with E-state index in [2.05, 4.69) is 75.0 Å². The highest BCUT2D eigenvalue weighted by atomic mass is 32.1. The Hall–Kier alpha value is -1.47. The third-order valence-corrected chi connectivity index (χ3v) is 3.49. The van der Waals surface area contributed by atoms with Crippen LogP contribution in [-0.4, -0.2) is 0 Å². The van der Waals surface area contributed by atoms with Gasteiger partial charge in [0.25, 0.3) is 0 Å². The Labute approximate surface area is 121 Å². The Kier molecular flexibility index (Phi) is 4.49. The van der Waals surface area contributed by atoms with Gasteiger partial charge in [0, 0.05) is 4.90 Å². The molecule has 0 spiro atoms. The van der Waals surface area contributed by atoms with E-state index in [4.69, 9.17) is 0 Å². The minimum atomic E-state index is 0.503. The van der Waals surface area contributed by atoms with Gasteiger partial charge in [-0.2, -0.15) is 0 Å². The van der Waals surface area contributed by atoms with Crippen LogP contribution in [0.2, 0.25) is 0 Å². The van der Waals surface area contributed by atoms with Gasteiger partial charge < -0.3 is 0 Å². The first-order valence-electron chi connectivity index (χ1n) is 6.68. The molecule has 0 aromatic heterocycles. The van der Waals surface area contributed by atoms with Crippen molar-refractivity contribution in [2.75, 3.05) is 0 Å². The zero-order valence-corrected chi connectivity index (χ0v) is 12.6. The maximum absolute atomic E-state index is 4.43. The molecular formula is C18H20S. The molecule has 19 heavy (non-hydrogen) atoms. The summed E-state index contributed by atoms with van der Waals surface area (Å²) in [5, 5.41) is 0. The first-order valence-corrected chi connectivity index (χ1v) is 7.12. The van der Waals surface area contributed by atoms with Crippen LogP contribution in [0.4, 0.5) is 0 Å². The summed E-state index contributed by atoms with van der Waals surface area (Å²) >= 11 is 4.43. The van der Waals surface area contributed by atoms with Gasteiger partial charge in [-0.15, -0.1) is 12.6 Å². The summed E-state index contributed by atoms with van der Waals surface area (Å²) in [6.07, 6.45) is 4.22. The summed E-state index contributed by atoms with van der Waals surface area (Å²) < 4.78 is 0. The van der Waals surface area contributed by atoms with Crippen LogP contribution in [-0.2, 0) is 0 Å². The fourth-order valence-corrected chi connectivity index (χ4v) is 2.52. The van der Waals surface area contributed by atoms with Crippen LogP contribution in [0.5, 0.6) is 0 Å². The summed E-state index contributed by atoms with van der Waals surface area (Å²) in [5.41, 5.74) is 5.19. The molecule has 0 bridgehead atoms. The second-order valence-electron chi connectivity index (χ2n) is 5.05. The molecule has 0 aliphatic carbocycles. The van der Waals surface area contributed by atoms with Gasteiger partial charge in [-0.05, 0) is 47.2 Å². The summed E-state index contributed by atoms with van der Waals surface area (Å²) in [7, 11) is 0. The van der Waals surface area contributed by atoms with Gasteiger partial charge in [0.1, 0.15) is 0 Å². The van der Waals surface area contributed by atoms with Crippen molar-refractivity contribution < 1.29 is 0 Å². The molecule has 0 atom stereocenters. The van der Waals surface area contributed by atoms with Crippen LogP contribution in [0.1, 0.15) is 37.8 Å². The molecule has 98 valence electrons. The van der Waals surface area contributed by atoms with E-state index >= 15 is 0 Å². The molecule has 0 unspecified atom stereocenters. The van der Waals surface area contributed by atoms with Crippen molar-refractivity contribution in [2.45, 2.75) is 31.6 Å². The molecule has 0 N–H and O–H groups in total. The number of thiol groups is 1. The normalized spacial score (nSPS) is 11.4. The van der Waals surface area contributed by atoms with Gasteiger partial charge in [-0.1, -0.05) is 56.3 Å². The van der Waals surface area contributed by atoms with Gasteiger partial charge in [0.2, 0.25) is 0 Å². The topological polar surface area (TPSA) is 0 Å². The summed E-state index contributed by atoms with van der Waals surface area (Å²) in [6.45, 7) is 6.53. The van der Waals surface area contributed by atoms with E-state index in [9.17, 15) is 0 Å². The number of hydrogen-bond acceptors (Lipinski definition) is 1. The second kappa shape index (κ2) is 6.12. The van der Waals surface area contributed by atoms with Crippen LogP contribution in [0, 0.1) is 0 Å². The second-order valence-corrected chi connectivity index (χ2v) is 5.57. The first-order chi connectivity index (χ1) is 9.11. The van der Waals surface area contributed by atoms with Crippen molar-refractivity contribution in [2.24, 2.45) is 0 Å². The predicted molar refractivity (Wildman–Crippen MR) is 87.9 cm³/mol. The molecular weight excluding hydrogens is 248 g/mol. The fraction of sp³-hybridized carbons (Fsp3) is 0.222. The lowest BCUT2D eigenvalue weighted by Crippen LogP contribution is -1.93. The molecule has 0 aliphatic rings. The molecule has 0 aliphatic heterocycles. The van der Waals surface area contributed by atoms with Crippen molar-refractivity contribution in [1.29, 1.82) is 0 Å². The highest BCUT2D eigenvalue weighted by Crippen LogP contribution is 2.31. The molecule has 0 saturated carbocycles. The Balaban J connectivity index is 2.56. The SMILES string of the molecule is C/C=C/c1ccc(-c2cccc(S)c2)c(C(C)C)c1. The third kappa shape index (κ3) is 3.30. The van der Waals surface area contributed by atoms with Crippen LogP contribution in [0.25, 0.3) is 17.2 Å². The van der Waals surface area contributed by atoms with E-state index < -0.39 is 0 Å². The molecule has 2 aromatic rings. The number of rotatable bonds is 3. The molecule has 0 heterocycles. The van der Waals surface area contributed by atoms with Crippen LogP contribution in [0.3, 0.4) is 0 Å². The van der Waals surface area contributed by atoms with Gasteiger partial charge in [-0.25, -0.2) is 0 Å². The molecule has 2 aromatic carbocycles. The van der Waals surface area contributed by atoms with E-state index in [-0.39, 0.29) is 0 Å². The minimum Gasteiger partial charge on any atom is -0.143 e. The number of allylic oxidation sites excluding steroid dienone is 1. The number of benzene rings is 2. The van der Waals surface area contributed by atoms with Crippen molar-refractivity contribution >= 4 is 18.7 Å². The fourth-order valence-electron chi connectivity index (χ4n) is 2.29. The standard InChI is InChI=1S/C18H20S/c1-4-6-14-9-10-17(18(11-14)13(2)3)15-7-5-8-16(19)12-15/h4-13,19H,1-3H3/b6-4+. The monoisotopic (exact) mass is 268 g/mol. The first kappa shape index (κ1) is 14.0. The molecule has 0 fully saturated rings. The average molecular weight is 268 g/mol. The smallest absolute Gasteiger partial charge is 0.00461 e. The zero-order chi connectivity index (χ0) is 13.8. The van der Waals surface area contributed by atoms with E-state index in [0.717, 1.165) is 4.90 Å². The Morgan fingerprint density at radius 1 is 1.05 bits per heavy atom. The van der Waals surface area contributed by atoms with Crippen molar-refractivity contribution in [3.8, 4) is 11.1 Å². The lowest BCUT2D eigenvalue weighted by molar-refractivity contribution is 0.868. The van der Waals surface area contributed by atoms with Gasteiger partial charge >= 0.3 is 0 Å². The molecule has 0 radical (unpaired) electrons. The largest absolute Gasteiger partial charge is 0.143 e. The minimum absolute atomic E-state index is 0.503. The predicted octanol–water partition coefficient (Wildman–Crippen LogP) is 5.80. The number of hydrogen-bond donors (Lipinski definition) is 1. The van der Waals surface area contributed by atoms with E-state index in [0.29, 0.717) is 5.92 Å². The zero-order valence-electron chi connectivity index (χ0n) is 11.7. The molecule has 1 heteroatoms. The lowest BCUT2D eigenvalue weighted by atomic mass is 9.91. The maximum atomic E-state index is 4.43. The van der Waals surface area contributed by atoms with E-state index in [1.165, 1.54) is 22.3 Å². The van der Waals surface area contributed by atoms with Gasteiger partial charge in [0.15, 0.2) is 0 Å². The highest BCUT2D eigenvalue weighted by molar-refractivity contribution is 7.80. The third-order valence-electron chi connectivity index (χ3n) is 3.21. The highest BCUT2D eigenvalue weighted by Gasteiger charge is 2.09. The molecule has 0 saturated heterocycles.